The molecule has 10 rings (SSSR count). The number of pyridine rings is 1. The lowest BCUT2D eigenvalue weighted by Gasteiger charge is -2.12. The van der Waals surface area contributed by atoms with E-state index in [-0.39, 0.29) is 0 Å². The Balaban J connectivity index is 1.21. The summed E-state index contributed by atoms with van der Waals surface area (Å²) in [7, 11) is 0. The smallest absolute Gasteiger partial charge is 0.0723 e. The molecular formula is C45H29N3. The molecule has 0 spiro atoms. The van der Waals surface area contributed by atoms with Crippen LogP contribution in [0, 0.1) is 0 Å². The van der Waals surface area contributed by atoms with Crippen molar-refractivity contribution in [2.24, 2.45) is 0 Å². The summed E-state index contributed by atoms with van der Waals surface area (Å²) < 4.78 is 4.78. The summed E-state index contributed by atoms with van der Waals surface area (Å²) in [6.07, 6.45) is 2.05. The van der Waals surface area contributed by atoms with Gasteiger partial charge in [0.05, 0.1) is 27.6 Å². The monoisotopic (exact) mass is 611 g/mol. The quantitative estimate of drug-likeness (QED) is 0.194. The van der Waals surface area contributed by atoms with Crippen LogP contribution < -0.4 is 0 Å². The van der Waals surface area contributed by atoms with Gasteiger partial charge < -0.3 is 9.13 Å². The van der Waals surface area contributed by atoms with Crippen molar-refractivity contribution in [1.82, 2.24) is 14.1 Å². The summed E-state index contributed by atoms with van der Waals surface area (Å²) in [6.45, 7) is 0. The van der Waals surface area contributed by atoms with Crippen molar-refractivity contribution in [2.75, 3.05) is 0 Å². The second kappa shape index (κ2) is 10.5. The number of hydrogen-bond acceptors (Lipinski definition) is 1. The topological polar surface area (TPSA) is 22.8 Å². The van der Waals surface area contributed by atoms with Gasteiger partial charge in [-0.2, -0.15) is 0 Å². The van der Waals surface area contributed by atoms with E-state index < -0.39 is 0 Å². The average Bonchev–Trinajstić information content (AvgIpc) is 3.68. The van der Waals surface area contributed by atoms with Crippen LogP contribution in [0.1, 0.15) is 0 Å². The molecule has 48 heavy (non-hydrogen) atoms. The zero-order valence-electron chi connectivity index (χ0n) is 26.1. The first-order valence-electron chi connectivity index (χ1n) is 16.4. The molecule has 0 radical (unpaired) electrons. The number of rotatable bonds is 4. The van der Waals surface area contributed by atoms with E-state index in [0.717, 1.165) is 22.0 Å². The van der Waals surface area contributed by atoms with Crippen molar-refractivity contribution in [3.05, 3.63) is 176 Å². The Kier molecular flexibility index (Phi) is 5.87. The van der Waals surface area contributed by atoms with Crippen molar-refractivity contribution in [1.29, 1.82) is 0 Å². The Morgan fingerprint density at radius 2 is 0.896 bits per heavy atom. The van der Waals surface area contributed by atoms with Gasteiger partial charge in [0.25, 0.3) is 0 Å². The van der Waals surface area contributed by atoms with Crippen LogP contribution in [0.2, 0.25) is 0 Å². The summed E-state index contributed by atoms with van der Waals surface area (Å²) in [4.78, 5) is 4.92. The maximum absolute atomic E-state index is 4.92. The molecule has 0 atom stereocenters. The molecule has 0 amide bonds. The van der Waals surface area contributed by atoms with E-state index in [1.54, 1.807) is 0 Å². The molecule has 10 aromatic rings. The highest BCUT2D eigenvalue weighted by Gasteiger charge is 2.18. The molecule has 224 valence electrons. The number of fused-ring (bicyclic) bond motifs is 8. The standard InChI is InChI=1S/C45H29N3/c1-3-12-30(13-4-1)31-14-11-17-35(26-31)48-44-25-23-33(28-39(44)40-29-46-41-20-9-7-19-37(41)45(40)48)32-22-24-43-38(27-32)36-18-8-10-21-42(36)47(43)34-15-5-2-6-16-34/h1-29H. The summed E-state index contributed by atoms with van der Waals surface area (Å²) in [6, 6.07) is 61.1. The predicted octanol–water partition coefficient (Wildman–Crippen LogP) is 11.8. The van der Waals surface area contributed by atoms with Crippen LogP contribution in [0.25, 0.3) is 88.1 Å². The minimum absolute atomic E-state index is 0.994. The molecule has 7 aromatic carbocycles. The minimum atomic E-state index is 0.994. The third-order valence-electron chi connectivity index (χ3n) is 9.73. The third-order valence-corrected chi connectivity index (χ3v) is 9.73. The molecule has 0 unspecified atom stereocenters. The highest BCUT2D eigenvalue weighted by Crippen LogP contribution is 2.40. The first kappa shape index (κ1) is 26.7. The fourth-order valence-corrected chi connectivity index (χ4v) is 7.54. The van der Waals surface area contributed by atoms with Gasteiger partial charge in [-0.15, -0.1) is 0 Å². The molecule has 0 N–H and O–H groups in total. The van der Waals surface area contributed by atoms with Gasteiger partial charge in [0, 0.05) is 44.5 Å². The molecule has 0 aliphatic carbocycles. The number of para-hydroxylation sites is 3. The zero-order chi connectivity index (χ0) is 31.6. The molecule has 0 aliphatic rings. The van der Waals surface area contributed by atoms with Crippen LogP contribution >= 0.6 is 0 Å². The van der Waals surface area contributed by atoms with Crippen molar-refractivity contribution in [3.63, 3.8) is 0 Å². The predicted molar refractivity (Wildman–Crippen MR) is 201 cm³/mol. The van der Waals surface area contributed by atoms with Crippen molar-refractivity contribution in [3.8, 4) is 33.6 Å². The van der Waals surface area contributed by atoms with Crippen LogP contribution in [0.3, 0.4) is 0 Å². The summed E-state index contributed by atoms with van der Waals surface area (Å²) >= 11 is 0. The molecule has 3 heteroatoms. The number of hydrogen-bond donors (Lipinski definition) is 0. The van der Waals surface area contributed by atoms with Gasteiger partial charge >= 0.3 is 0 Å². The molecule has 3 aromatic heterocycles. The number of benzene rings is 7. The van der Waals surface area contributed by atoms with Crippen molar-refractivity contribution >= 4 is 54.5 Å². The Hall–Kier alpha value is -6.45. The molecule has 0 bridgehead atoms. The van der Waals surface area contributed by atoms with E-state index in [2.05, 4.69) is 185 Å². The maximum Gasteiger partial charge on any atom is 0.0723 e. The summed E-state index contributed by atoms with van der Waals surface area (Å²) in [5.74, 6) is 0. The van der Waals surface area contributed by atoms with Gasteiger partial charge in [0.2, 0.25) is 0 Å². The molecule has 3 heterocycles. The third kappa shape index (κ3) is 4.04. The van der Waals surface area contributed by atoms with E-state index in [4.69, 9.17) is 4.98 Å². The van der Waals surface area contributed by atoms with E-state index in [1.807, 2.05) is 0 Å². The normalized spacial score (nSPS) is 11.8. The van der Waals surface area contributed by atoms with Gasteiger partial charge in [-0.25, -0.2) is 0 Å². The lowest BCUT2D eigenvalue weighted by atomic mass is 10.0. The van der Waals surface area contributed by atoms with E-state index >= 15 is 0 Å². The van der Waals surface area contributed by atoms with E-state index in [9.17, 15) is 0 Å². The average molecular weight is 612 g/mol. The van der Waals surface area contributed by atoms with Crippen LogP contribution in [-0.2, 0) is 0 Å². The molecular weight excluding hydrogens is 583 g/mol. The van der Waals surface area contributed by atoms with Crippen LogP contribution in [0.4, 0.5) is 0 Å². The van der Waals surface area contributed by atoms with Crippen LogP contribution in [-0.4, -0.2) is 14.1 Å². The Labute approximate surface area is 277 Å². The fourth-order valence-electron chi connectivity index (χ4n) is 7.54. The number of nitrogens with zero attached hydrogens (tertiary/aromatic N) is 3. The SMILES string of the molecule is c1ccc(-c2cccc(-n3c4ccc(-c5ccc6c(c5)c5ccccc5n6-c5ccccc5)cc4c4cnc5ccccc5c43)c2)cc1. The van der Waals surface area contributed by atoms with Gasteiger partial charge in [-0.05, 0) is 82.9 Å². The Bertz CT molecular complexity index is 2820. The van der Waals surface area contributed by atoms with Gasteiger partial charge in [-0.3, -0.25) is 4.98 Å². The molecule has 0 fully saturated rings. The lowest BCUT2D eigenvalue weighted by molar-refractivity contribution is 1.18. The second-order valence-electron chi connectivity index (χ2n) is 12.4. The highest BCUT2D eigenvalue weighted by atomic mass is 15.0. The largest absolute Gasteiger partial charge is 0.309 e. The molecule has 0 saturated heterocycles. The Morgan fingerprint density at radius 1 is 0.333 bits per heavy atom. The van der Waals surface area contributed by atoms with Crippen molar-refractivity contribution in [2.45, 2.75) is 0 Å². The van der Waals surface area contributed by atoms with Crippen molar-refractivity contribution < 1.29 is 0 Å². The summed E-state index contributed by atoms with van der Waals surface area (Å²) in [5.41, 5.74) is 12.8. The maximum atomic E-state index is 4.92. The second-order valence-corrected chi connectivity index (χ2v) is 12.4. The lowest BCUT2D eigenvalue weighted by Crippen LogP contribution is -1.95. The molecule has 0 saturated carbocycles. The molecule has 3 nitrogen and oxygen atoms in total. The highest BCUT2D eigenvalue weighted by molar-refractivity contribution is 6.18. The van der Waals surface area contributed by atoms with Gasteiger partial charge in [-0.1, -0.05) is 109 Å². The first-order chi connectivity index (χ1) is 23.8. The minimum Gasteiger partial charge on any atom is -0.309 e. The van der Waals surface area contributed by atoms with Gasteiger partial charge in [0.1, 0.15) is 0 Å². The molecule has 0 aliphatic heterocycles. The summed E-state index contributed by atoms with van der Waals surface area (Å²) in [5, 5.41) is 5.99. The van der Waals surface area contributed by atoms with E-state index in [0.29, 0.717) is 0 Å². The fraction of sp³-hybridized carbons (Fsp3) is 0. The zero-order valence-corrected chi connectivity index (χ0v) is 26.1. The van der Waals surface area contributed by atoms with E-state index in [1.165, 1.54) is 66.2 Å². The van der Waals surface area contributed by atoms with Gasteiger partial charge in [0.15, 0.2) is 0 Å². The van der Waals surface area contributed by atoms with Crippen LogP contribution in [0.5, 0.6) is 0 Å². The first-order valence-corrected chi connectivity index (χ1v) is 16.4. The number of aromatic nitrogens is 3. The van der Waals surface area contributed by atoms with Crippen LogP contribution in [0.15, 0.2) is 176 Å². The Morgan fingerprint density at radius 3 is 1.69 bits per heavy atom.